The maximum Gasteiger partial charge on any atom is 0.257 e. The molecule has 2 heterocycles. The van der Waals surface area contributed by atoms with E-state index in [9.17, 15) is 9.59 Å². The lowest BCUT2D eigenvalue weighted by molar-refractivity contribution is 0.0663. The maximum atomic E-state index is 12.6. The van der Waals surface area contributed by atoms with Gasteiger partial charge in [-0.1, -0.05) is 17.7 Å². The molecule has 1 aromatic carbocycles. The summed E-state index contributed by atoms with van der Waals surface area (Å²) in [4.78, 5) is 33.0. The smallest absolute Gasteiger partial charge is 0.257 e. The Balaban J connectivity index is 1.72. The Morgan fingerprint density at radius 3 is 2.52 bits per heavy atom. The van der Waals surface area contributed by atoms with Crippen molar-refractivity contribution < 1.29 is 9.59 Å². The van der Waals surface area contributed by atoms with Crippen molar-refractivity contribution in [1.29, 1.82) is 0 Å². The largest absolute Gasteiger partial charge is 0.336 e. The highest BCUT2D eigenvalue weighted by molar-refractivity contribution is 6.31. The third-order valence-electron chi connectivity index (χ3n) is 4.12. The number of halogens is 1. The Morgan fingerprint density at radius 1 is 1.08 bits per heavy atom. The first-order chi connectivity index (χ1) is 12.0. The topological polar surface area (TPSA) is 65.5 Å². The average molecular weight is 359 g/mol. The van der Waals surface area contributed by atoms with Gasteiger partial charge in [-0.3, -0.25) is 14.6 Å². The summed E-state index contributed by atoms with van der Waals surface area (Å²) in [5.74, 6) is -0.430. The van der Waals surface area contributed by atoms with Gasteiger partial charge in [-0.2, -0.15) is 0 Å². The fourth-order valence-corrected chi connectivity index (χ4v) is 2.83. The first-order valence-corrected chi connectivity index (χ1v) is 8.40. The van der Waals surface area contributed by atoms with Crippen LogP contribution in [-0.2, 0) is 0 Å². The average Bonchev–Trinajstić information content (AvgIpc) is 2.62. The van der Waals surface area contributed by atoms with Gasteiger partial charge in [-0.05, 0) is 31.3 Å². The molecule has 6 nitrogen and oxygen atoms in total. The number of anilines is 1. The van der Waals surface area contributed by atoms with Crippen LogP contribution in [0.1, 0.15) is 20.7 Å². The second-order valence-corrected chi connectivity index (χ2v) is 6.46. The predicted octanol–water partition coefficient (Wildman–Crippen LogP) is 2.37. The van der Waals surface area contributed by atoms with Crippen LogP contribution in [0.15, 0.2) is 42.7 Å². The molecule has 1 N–H and O–H groups in total. The molecule has 1 fully saturated rings. The highest BCUT2D eigenvalue weighted by atomic mass is 35.5. The lowest BCUT2D eigenvalue weighted by atomic mass is 10.1. The minimum absolute atomic E-state index is 0.0991. The number of benzene rings is 1. The van der Waals surface area contributed by atoms with Crippen LogP contribution >= 0.6 is 11.6 Å². The maximum absolute atomic E-state index is 12.6. The third kappa shape index (κ3) is 4.35. The Morgan fingerprint density at radius 2 is 1.80 bits per heavy atom. The minimum atomic E-state index is -0.331. The highest BCUT2D eigenvalue weighted by Gasteiger charge is 2.21. The van der Waals surface area contributed by atoms with Crippen LogP contribution in [-0.4, -0.2) is 59.8 Å². The molecule has 0 spiro atoms. The SMILES string of the molecule is CN1CCN(C(=O)c2cncc(C(=O)Nc3cccc(Cl)c3)c2)CC1. The van der Waals surface area contributed by atoms with Crippen LogP contribution < -0.4 is 5.32 Å². The fourth-order valence-electron chi connectivity index (χ4n) is 2.64. The first kappa shape index (κ1) is 17.4. The molecule has 1 aliphatic heterocycles. The van der Waals surface area contributed by atoms with E-state index in [2.05, 4.69) is 15.2 Å². The van der Waals surface area contributed by atoms with E-state index < -0.39 is 0 Å². The number of rotatable bonds is 3. The van der Waals surface area contributed by atoms with Gasteiger partial charge >= 0.3 is 0 Å². The number of nitrogens with zero attached hydrogens (tertiary/aromatic N) is 3. The van der Waals surface area contributed by atoms with Crippen LogP contribution in [0.3, 0.4) is 0 Å². The quantitative estimate of drug-likeness (QED) is 0.914. The number of amides is 2. The summed E-state index contributed by atoms with van der Waals surface area (Å²) in [5.41, 5.74) is 1.34. The molecule has 0 radical (unpaired) electrons. The van der Waals surface area contributed by atoms with Crippen molar-refractivity contribution in [2.24, 2.45) is 0 Å². The zero-order valence-electron chi connectivity index (χ0n) is 13.9. The van der Waals surface area contributed by atoms with Gasteiger partial charge in [0.1, 0.15) is 0 Å². The minimum Gasteiger partial charge on any atom is -0.336 e. The Bertz CT molecular complexity index is 788. The van der Waals surface area contributed by atoms with Crippen molar-refractivity contribution in [2.75, 3.05) is 38.5 Å². The van der Waals surface area contributed by atoms with E-state index in [4.69, 9.17) is 11.6 Å². The Hall–Kier alpha value is -2.44. The molecule has 3 rings (SSSR count). The number of hydrogen-bond acceptors (Lipinski definition) is 4. The summed E-state index contributed by atoms with van der Waals surface area (Å²) in [6, 6.07) is 8.47. The van der Waals surface area contributed by atoms with E-state index in [1.165, 1.54) is 12.4 Å². The molecule has 1 saturated heterocycles. The zero-order valence-corrected chi connectivity index (χ0v) is 14.7. The van der Waals surface area contributed by atoms with E-state index in [1.807, 2.05) is 7.05 Å². The number of carbonyl (C=O) groups is 2. The highest BCUT2D eigenvalue weighted by Crippen LogP contribution is 2.16. The molecule has 0 bridgehead atoms. The van der Waals surface area contributed by atoms with Crippen LogP contribution in [0.4, 0.5) is 5.69 Å². The van der Waals surface area contributed by atoms with Gasteiger partial charge in [0, 0.05) is 49.3 Å². The number of carbonyl (C=O) groups excluding carboxylic acids is 2. The first-order valence-electron chi connectivity index (χ1n) is 8.03. The second kappa shape index (κ2) is 7.63. The van der Waals surface area contributed by atoms with E-state index in [-0.39, 0.29) is 11.8 Å². The van der Waals surface area contributed by atoms with Crippen molar-refractivity contribution in [3.8, 4) is 0 Å². The molecule has 0 aliphatic carbocycles. The molecule has 0 saturated carbocycles. The summed E-state index contributed by atoms with van der Waals surface area (Å²) < 4.78 is 0. The van der Waals surface area contributed by atoms with Gasteiger partial charge in [-0.25, -0.2) is 0 Å². The number of aromatic nitrogens is 1. The van der Waals surface area contributed by atoms with Gasteiger partial charge in [0.05, 0.1) is 11.1 Å². The molecule has 2 aromatic rings. The molecule has 0 atom stereocenters. The standard InChI is InChI=1S/C18H19ClN4O2/c1-22-5-7-23(8-6-22)18(25)14-9-13(11-20-12-14)17(24)21-16-4-2-3-15(19)10-16/h2-4,9-12H,5-8H2,1H3,(H,21,24). The van der Waals surface area contributed by atoms with Crippen molar-refractivity contribution >= 4 is 29.1 Å². The molecule has 2 amide bonds. The summed E-state index contributed by atoms with van der Waals surface area (Å²) in [6.07, 6.45) is 2.94. The normalized spacial score (nSPS) is 15.0. The molecule has 130 valence electrons. The van der Waals surface area contributed by atoms with E-state index in [0.717, 1.165) is 13.1 Å². The van der Waals surface area contributed by atoms with Crippen LogP contribution in [0.5, 0.6) is 0 Å². The molecule has 7 heteroatoms. The summed E-state index contributed by atoms with van der Waals surface area (Å²) in [5, 5.41) is 3.29. The van der Waals surface area contributed by atoms with Gasteiger partial charge in [0.25, 0.3) is 11.8 Å². The fraction of sp³-hybridized carbons (Fsp3) is 0.278. The monoisotopic (exact) mass is 358 g/mol. The Kier molecular flexibility index (Phi) is 5.31. The second-order valence-electron chi connectivity index (χ2n) is 6.02. The van der Waals surface area contributed by atoms with Gasteiger partial charge in [-0.15, -0.1) is 0 Å². The van der Waals surface area contributed by atoms with Crippen molar-refractivity contribution in [2.45, 2.75) is 0 Å². The van der Waals surface area contributed by atoms with Gasteiger partial charge in [0.15, 0.2) is 0 Å². The summed E-state index contributed by atoms with van der Waals surface area (Å²) in [6.45, 7) is 3.03. The summed E-state index contributed by atoms with van der Waals surface area (Å²) in [7, 11) is 2.03. The van der Waals surface area contributed by atoms with Crippen LogP contribution in [0, 0.1) is 0 Å². The van der Waals surface area contributed by atoms with Crippen molar-refractivity contribution in [3.63, 3.8) is 0 Å². The number of pyridine rings is 1. The number of piperazine rings is 1. The van der Waals surface area contributed by atoms with Crippen LogP contribution in [0.2, 0.25) is 5.02 Å². The lowest BCUT2D eigenvalue weighted by Crippen LogP contribution is -2.47. The van der Waals surface area contributed by atoms with E-state index in [1.54, 1.807) is 35.2 Å². The zero-order chi connectivity index (χ0) is 17.8. The summed E-state index contributed by atoms with van der Waals surface area (Å²) >= 11 is 5.92. The van der Waals surface area contributed by atoms with Crippen LogP contribution in [0.25, 0.3) is 0 Å². The molecular formula is C18H19ClN4O2. The number of hydrogen-bond donors (Lipinski definition) is 1. The molecule has 0 unspecified atom stereocenters. The molecule has 1 aromatic heterocycles. The van der Waals surface area contributed by atoms with Gasteiger partial charge < -0.3 is 15.1 Å². The predicted molar refractivity (Wildman–Crippen MR) is 97.0 cm³/mol. The lowest BCUT2D eigenvalue weighted by Gasteiger charge is -2.32. The third-order valence-corrected chi connectivity index (χ3v) is 4.36. The molecule has 25 heavy (non-hydrogen) atoms. The van der Waals surface area contributed by atoms with Crippen molar-refractivity contribution in [3.05, 3.63) is 58.9 Å². The molecule has 1 aliphatic rings. The van der Waals surface area contributed by atoms with Crippen molar-refractivity contribution in [1.82, 2.24) is 14.8 Å². The number of likely N-dealkylation sites (N-methyl/N-ethyl adjacent to an activating group) is 1. The van der Waals surface area contributed by atoms with Gasteiger partial charge in [0.2, 0.25) is 0 Å². The number of nitrogens with one attached hydrogen (secondary N) is 1. The molecular weight excluding hydrogens is 340 g/mol. The van der Waals surface area contributed by atoms with E-state index in [0.29, 0.717) is 34.9 Å². The van der Waals surface area contributed by atoms with E-state index >= 15 is 0 Å². The Labute approximate surface area is 151 Å².